The highest BCUT2D eigenvalue weighted by Crippen LogP contribution is 2.37. The van der Waals surface area contributed by atoms with Crippen LogP contribution in [0.15, 0.2) is 36.4 Å². The van der Waals surface area contributed by atoms with Crippen molar-refractivity contribution in [3.8, 4) is 17.2 Å². The van der Waals surface area contributed by atoms with Gasteiger partial charge >= 0.3 is 6.03 Å². The van der Waals surface area contributed by atoms with Crippen LogP contribution in [-0.4, -0.2) is 31.9 Å². The van der Waals surface area contributed by atoms with Crippen molar-refractivity contribution in [1.29, 1.82) is 0 Å². The van der Waals surface area contributed by atoms with Crippen molar-refractivity contribution in [1.82, 2.24) is 5.32 Å². The van der Waals surface area contributed by atoms with Crippen molar-refractivity contribution in [2.24, 2.45) is 0 Å². The molecule has 2 heterocycles. The Balaban J connectivity index is 1.34. The number of ether oxygens (including phenoxy) is 3. The molecule has 0 saturated carbocycles. The Morgan fingerprint density at radius 3 is 2.68 bits per heavy atom. The zero-order valence-corrected chi connectivity index (χ0v) is 14.1. The fraction of sp³-hybridized carbons (Fsp3) is 0.278. The number of amides is 2. The van der Waals surface area contributed by atoms with Crippen LogP contribution in [0.25, 0.3) is 0 Å². The molecule has 0 radical (unpaired) electrons. The van der Waals surface area contributed by atoms with E-state index >= 15 is 0 Å². The van der Waals surface area contributed by atoms with Gasteiger partial charge in [-0.3, -0.25) is 0 Å². The summed E-state index contributed by atoms with van der Waals surface area (Å²) in [6.07, 6.45) is 0.709. The molecule has 2 aliphatic heterocycles. The fourth-order valence-corrected chi connectivity index (χ4v) is 3.10. The van der Waals surface area contributed by atoms with Crippen LogP contribution in [-0.2, 0) is 6.42 Å². The Morgan fingerprint density at radius 1 is 1.12 bits per heavy atom. The second kappa shape index (κ2) is 6.72. The molecule has 0 unspecified atom stereocenters. The van der Waals surface area contributed by atoms with Crippen LogP contribution in [0.3, 0.4) is 0 Å². The van der Waals surface area contributed by atoms with E-state index in [2.05, 4.69) is 10.6 Å². The highest BCUT2D eigenvalue weighted by molar-refractivity contribution is 6.34. The lowest BCUT2D eigenvalue weighted by Gasteiger charge is -2.20. The van der Waals surface area contributed by atoms with Gasteiger partial charge in [0.1, 0.15) is 25.1 Å². The van der Waals surface area contributed by atoms with Crippen LogP contribution < -0.4 is 24.8 Å². The standard InChI is InChI=1S/C18H17ClN2O4/c19-13-8-16-17(24-6-5-23-16)9-14(13)21-18(22)20-10-12-7-11-3-1-2-4-15(11)25-12/h1-4,8-9,12H,5-7,10H2,(H2,20,21,22)/t12-/m1/s1. The molecule has 4 rings (SSSR count). The van der Waals surface area contributed by atoms with Crippen LogP contribution in [0.1, 0.15) is 5.56 Å². The summed E-state index contributed by atoms with van der Waals surface area (Å²) in [4.78, 5) is 12.2. The van der Waals surface area contributed by atoms with E-state index in [1.165, 1.54) is 0 Å². The molecule has 0 aliphatic carbocycles. The van der Waals surface area contributed by atoms with E-state index in [9.17, 15) is 4.79 Å². The highest BCUT2D eigenvalue weighted by atomic mass is 35.5. The third-order valence-corrected chi connectivity index (χ3v) is 4.40. The van der Waals surface area contributed by atoms with E-state index in [1.807, 2.05) is 24.3 Å². The summed E-state index contributed by atoms with van der Waals surface area (Å²) in [5.41, 5.74) is 1.63. The van der Waals surface area contributed by atoms with Crippen molar-refractivity contribution in [2.45, 2.75) is 12.5 Å². The average molecular weight is 361 g/mol. The summed E-state index contributed by atoms with van der Waals surface area (Å²) in [5.74, 6) is 2.03. The van der Waals surface area contributed by atoms with E-state index in [4.69, 9.17) is 25.8 Å². The van der Waals surface area contributed by atoms with Gasteiger partial charge in [0.15, 0.2) is 11.5 Å². The van der Waals surface area contributed by atoms with Crippen LogP contribution in [0.4, 0.5) is 10.5 Å². The van der Waals surface area contributed by atoms with Gasteiger partial charge in [0.05, 0.1) is 17.3 Å². The van der Waals surface area contributed by atoms with Gasteiger partial charge in [-0.25, -0.2) is 4.79 Å². The lowest BCUT2D eigenvalue weighted by molar-refractivity contribution is 0.171. The first-order chi connectivity index (χ1) is 12.2. The van der Waals surface area contributed by atoms with E-state index < -0.39 is 0 Å². The summed E-state index contributed by atoms with van der Waals surface area (Å²) >= 11 is 6.19. The number of benzene rings is 2. The molecule has 0 fully saturated rings. The topological polar surface area (TPSA) is 68.8 Å². The fourth-order valence-electron chi connectivity index (χ4n) is 2.90. The molecular weight excluding hydrogens is 344 g/mol. The molecule has 130 valence electrons. The minimum absolute atomic E-state index is 0.0705. The van der Waals surface area contributed by atoms with Crippen LogP contribution >= 0.6 is 11.6 Å². The molecule has 2 N–H and O–H groups in total. The van der Waals surface area contributed by atoms with Gasteiger partial charge < -0.3 is 24.8 Å². The lowest BCUT2D eigenvalue weighted by atomic mass is 10.1. The molecule has 2 aromatic rings. The first-order valence-corrected chi connectivity index (χ1v) is 8.45. The summed E-state index contributed by atoms with van der Waals surface area (Å²) < 4.78 is 16.8. The number of urea groups is 1. The van der Waals surface area contributed by atoms with Crippen molar-refractivity contribution < 1.29 is 19.0 Å². The number of rotatable bonds is 3. The summed E-state index contributed by atoms with van der Waals surface area (Å²) in [7, 11) is 0. The first-order valence-electron chi connectivity index (χ1n) is 8.07. The van der Waals surface area contributed by atoms with Gasteiger partial charge in [0.25, 0.3) is 0 Å². The van der Waals surface area contributed by atoms with Gasteiger partial charge in [0.2, 0.25) is 0 Å². The monoisotopic (exact) mass is 360 g/mol. The largest absolute Gasteiger partial charge is 0.488 e. The predicted molar refractivity (Wildman–Crippen MR) is 94.0 cm³/mol. The lowest BCUT2D eigenvalue weighted by Crippen LogP contribution is -2.37. The molecule has 0 aromatic heterocycles. The smallest absolute Gasteiger partial charge is 0.319 e. The zero-order chi connectivity index (χ0) is 17.2. The third-order valence-electron chi connectivity index (χ3n) is 4.08. The van der Waals surface area contributed by atoms with E-state index in [0.717, 1.165) is 17.7 Å². The molecule has 0 saturated heterocycles. The number of carbonyl (C=O) groups excluding carboxylic acids is 1. The summed E-state index contributed by atoms with van der Waals surface area (Å²) in [5, 5.41) is 5.93. The second-order valence-electron chi connectivity index (χ2n) is 5.86. The van der Waals surface area contributed by atoms with Crippen LogP contribution in [0.5, 0.6) is 17.2 Å². The van der Waals surface area contributed by atoms with Gasteiger partial charge in [-0.1, -0.05) is 29.8 Å². The molecule has 1 atom stereocenters. The molecule has 6 nitrogen and oxygen atoms in total. The SMILES string of the molecule is O=C(NC[C@H]1Cc2ccccc2O1)Nc1cc2c(cc1Cl)OCCO2. The summed E-state index contributed by atoms with van der Waals surface area (Å²) in [6.45, 7) is 1.36. The van der Waals surface area contributed by atoms with Crippen LogP contribution in [0, 0.1) is 0 Å². The molecule has 25 heavy (non-hydrogen) atoms. The Morgan fingerprint density at radius 2 is 1.88 bits per heavy atom. The predicted octanol–water partition coefficient (Wildman–Crippen LogP) is 3.24. The molecule has 0 spiro atoms. The molecular formula is C18H17ClN2O4. The van der Waals surface area contributed by atoms with Gasteiger partial charge in [-0.15, -0.1) is 0 Å². The molecule has 2 aliphatic rings. The number of hydrogen-bond donors (Lipinski definition) is 2. The van der Waals surface area contributed by atoms with Crippen LogP contribution in [0.2, 0.25) is 5.02 Å². The number of fused-ring (bicyclic) bond motifs is 2. The van der Waals surface area contributed by atoms with E-state index in [0.29, 0.717) is 42.0 Å². The Hall–Kier alpha value is -2.60. The molecule has 0 bridgehead atoms. The molecule has 2 aromatic carbocycles. The van der Waals surface area contributed by atoms with Crippen molar-refractivity contribution in [2.75, 3.05) is 25.1 Å². The Bertz CT molecular complexity index is 787. The second-order valence-corrected chi connectivity index (χ2v) is 6.27. The van der Waals surface area contributed by atoms with Crippen molar-refractivity contribution in [3.05, 3.63) is 47.0 Å². The average Bonchev–Trinajstić information content (AvgIpc) is 3.03. The maximum absolute atomic E-state index is 12.2. The number of halogens is 1. The number of nitrogens with one attached hydrogen (secondary N) is 2. The Labute approximate surface area is 150 Å². The number of carbonyl (C=O) groups is 1. The maximum Gasteiger partial charge on any atom is 0.319 e. The summed E-state index contributed by atoms with van der Waals surface area (Å²) in [6, 6.07) is 10.8. The quantitative estimate of drug-likeness (QED) is 0.881. The van der Waals surface area contributed by atoms with Gasteiger partial charge in [-0.05, 0) is 11.6 Å². The Kier molecular flexibility index (Phi) is 4.28. The van der Waals surface area contributed by atoms with E-state index in [1.54, 1.807) is 12.1 Å². The maximum atomic E-state index is 12.2. The van der Waals surface area contributed by atoms with E-state index in [-0.39, 0.29) is 12.1 Å². The molecule has 7 heteroatoms. The van der Waals surface area contributed by atoms with Crippen molar-refractivity contribution >= 4 is 23.3 Å². The molecule has 2 amide bonds. The van der Waals surface area contributed by atoms with Gasteiger partial charge in [0, 0.05) is 18.6 Å². The third kappa shape index (κ3) is 3.44. The first kappa shape index (κ1) is 15.9. The van der Waals surface area contributed by atoms with Gasteiger partial charge in [-0.2, -0.15) is 0 Å². The number of anilines is 1. The van der Waals surface area contributed by atoms with Crippen molar-refractivity contribution in [3.63, 3.8) is 0 Å². The highest BCUT2D eigenvalue weighted by Gasteiger charge is 2.23. The minimum atomic E-state index is -0.349. The minimum Gasteiger partial charge on any atom is -0.488 e. The normalized spacial score (nSPS) is 17.4. The number of hydrogen-bond acceptors (Lipinski definition) is 4. The zero-order valence-electron chi connectivity index (χ0n) is 13.4. The number of para-hydroxylation sites is 1.